The van der Waals surface area contributed by atoms with Gasteiger partial charge in [-0.05, 0) is 43.2 Å². The minimum Gasteiger partial charge on any atom is -0.488 e. The predicted molar refractivity (Wildman–Crippen MR) is 74.2 cm³/mol. The second-order valence-electron chi connectivity index (χ2n) is 3.92. The summed E-state index contributed by atoms with van der Waals surface area (Å²) in [6.45, 7) is 4.81. The van der Waals surface area contributed by atoms with Crippen LogP contribution in [0.3, 0.4) is 0 Å². The molecule has 17 heavy (non-hydrogen) atoms. The standard InChI is InChI=1S/C14H15ClOS/c1-3-12-6-7-13(17-12)9-16-14-8-11(15)5-4-10(14)2/h4-8H,3,9H2,1-2H3. The molecule has 1 aromatic heterocycles. The molecule has 0 atom stereocenters. The van der Waals surface area contributed by atoms with Crippen molar-refractivity contribution in [2.45, 2.75) is 26.9 Å². The van der Waals surface area contributed by atoms with Gasteiger partial charge in [0.15, 0.2) is 0 Å². The van der Waals surface area contributed by atoms with E-state index in [0.29, 0.717) is 11.6 Å². The average molecular weight is 267 g/mol. The van der Waals surface area contributed by atoms with Gasteiger partial charge in [0.05, 0.1) is 0 Å². The summed E-state index contributed by atoms with van der Waals surface area (Å²) >= 11 is 7.75. The lowest BCUT2D eigenvalue weighted by Gasteiger charge is -2.08. The lowest BCUT2D eigenvalue weighted by molar-refractivity contribution is 0.307. The van der Waals surface area contributed by atoms with Crippen LogP contribution in [0.15, 0.2) is 30.3 Å². The number of thiophene rings is 1. The molecule has 0 spiro atoms. The minimum atomic E-state index is 0.617. The van der Waals surface area contributed by atoms with Crippen molar-refractivity contribution in [3.8, 4) is 5.75 Å². The number of benzene rings is 1. The molecule has 90 valence electrons. The Hall–Kier alpha value is -0.990. The number of hydrogen-bond donors (Lipinski definition) is 0. The zero-order valence-electron chi connectivity index (χ0n) is 10.00. The van der Waals surface area contributed by atoms with Crippen LogP contribution in [-0.2, 0) is 13.0 Å². The van der Waals surface area contributed by atoms with Crippen molar-refractivity contribution in [1.29, 1.82) is 0 Å². The van der Waals surface area contributed by atoms with Gasteiger partial charge in [-0.15, -0.1) is 11.3 Å². The van der Waals surface area contributed by atoms with E-state index in [4.69, 9.17) is 16.3 Å². The van der Waals surface area contributed by atoms with Gasteiger partial charge in [-0.25, -0.2) is 0 Å². The number of rotatable bonds is 4. The summed E-state index contributed by atoms with van der Waals surface area (Å²) in [5, 5.41) is 0.714. The molecule has 0 fully saturated rings. The summed E-state index contributed by atoms with van der Waals surface area (Å²) in [5.41, 5.74) is 1.11. The molecule has 1 aromatic carbocycles. The second-order valence-corrected chi connectivity index (χ2v) is 5.61. The maximum absolute atomic E-state index is 5.95. The van der Waals surface area contributed by atoms with Crippen LogP contribution >= 0.6 is 22.9 Å². The molecule has 0 aliphatic carbocycles. The molecule has 1 heterocycles. The first-order valence-corrected chi connectivity index (χ1v) is 6.85. The molecule has 0 saturated heterocycles. The van der Waals surface area contributed by atoms with E-state index < -0.39 is 0 Å². The second kappa shape index (κ2) is 5.56. The normalized spacial score (nSPS) is 10.5. The van der Waals surface area contributed by atoms with E-state index in [1.807, 2.05) is 25.1 Å². The van der Waals surface area contributed by atoms with Crippen LogP contribution in [0.2, 0.25) is 5.02 Å². The van der Waals surface area contributed by atoms with Crippen LogP contribution < -0.4 is 4.74 Å². The summed E-state index contributed by atoms with van der Waals surface area (Å²) in [4.78, 5) is 2.65. The first-order valence-electron chi connectivity index (χ1n) is 5.65. The van der Waals surface area contributed by atoms with E-state index in [-0.39, 0.29) is 0 Å². The summed E-state index contributed by atoms with van der Waals surface area (Å²) in [7, 11) is 0. The van der Waals surface area contributed by atoms with Crippen molar-refractivity contribution in [3.63, 3.8) is 0 Å². The smallest absolute Gasteiger partial charge is 0.124 e. The highest BCUT2D eigenvalue weighted by Gasteiger charge is 2.03. The van der Waals surface area contributed by atoms with Crippen molar-refractivity contribution in [2.24, 2.45) is 0 Å². The summed E-state index contributed by atoms with van der Waals surface area (Å²) < 4.78 is 5.79. The van der Waals surface area contributed by atoms with Gasteiger partial charge >= 0.3 is 0 Å². The molecular formula is C14H15ClOS. The van der Waals surface area contributed by atoms with Gasteiger partial charge in [-0.2, -0.15) is 0 Å². The molecule has 0 unspecified atom stereocenters. The molecule has 2 rings (SSSR count). The van der Waals surface area contributed by atoms with Gasteiger partial charge < -0.3 is 4.74 Å². The number of aryl methyl sites for hydroxylation is 2. The summed E-state index contributed by atoms with van der Waals surface area (Å²) in [5.74, 6) is 0.865. The van der Waals surface area contributed by atoms with Crippen LogP contribution in [-0.4, -0.2) is 0 Å². The molecule has 0 aliphatic heterocycles. The first kappa shape index (κ1) is 12.5. The van der Waals surface area contributed by atoms with Gasteiger partial charge in [-0.1, -0.05) is 24.6 Å². The molecule has 3 heteroatoms. The molecule has 0 bridgehead atoms. The van der Waals surface area contributed by atoms with Crippen LogP contribution in [0.4, 0.5) is 0 Å². The highest BCUT2D eigenvalue weighted by Crippen LogP contribution is 2.25. The fraction of sp³-hybridized carbons (Fsp3) is 0.286. The maximum Gasteiger partial charge on any atom is 0.124 e. The van der Waals surface area contributed by atoms with Crippen molar-refractivity contribution in [1.82, 2.24) is 0 Å². The molecule has 0 amide bonds. The van der Waals surface area contributed by atoms with Gasteiger partial charge in [0.25, 0.3) is 0 Å². The molecule has 0 radical (unpaired) electrons. The average Bonchev–Trinajstić information content (AvgIpc) is 2.78. The lowest BCUT2D eigenvalue weighted by Crippen LogP contribution is -1.94. The van der Waals surface area contributed by atoms with Crippen molar-refractivity contribution in [2.75, 3.05) is 0 Å². The Kier molecular flexibility index (Phi) is 4.08. The number of hydrogen-bond acceptors (Lipinski definition) is 2. The highest BCUT2D eigenvalue weighted by atomic mass is 35.5. The zero-order valence-corrected chi connectivity index (χ0v) is 11.6. The Morgan fingerprint density at radius 1 is 1.18 bits per heavy atom. The molecule has 1 nitrogen and oxygen atoms in total. The Bertz CT molecular complexity index is 505. The maximum atomic E-state index is 5.95. The molecule has 0 aliphatic rings. The minimum absolute atomic E-state index is 0.617. The molecule has 2 aromatic rings. The lowest BCUT2D eigenvalue weighted by atomic mass is 10.2. The van der Waals surface area contributed by atoms with Crippen LogP contribution in [0.1, 0.15) is 22.2 Å². The largest absolute Gasteiger partial charge is 0.488 e. The van der Waals surface area contributed by atoms with Crippen LogP contribution in [0, 0.1) is 6.92 Å². The van der Waals surface area contributed by atoms with Crippen molar-refractivity contribution < 1.29 is 4.74 Å². The predicted octanol–water partition coefficient (Wildman–Crippen LogP) is 4.85. The number of halogens is 1. The van der Waals surface area contributed by atoms with E-state index in [0.717, 1.165) is 17.7 Å². The molecular weight excluding hydrogens is 252 g/mol. The zero-order chi connectivity index (χ0) is 12.3. The quantitative estimate of drug-likeness (QED) is 0.769. The van der Waals surface area contributed by atoms with Gasteiger partial charge in [0.1, 0.15) is 12.4 Å². The Balaban J connectivity index is 2.04. The third kappa shape index (κ3) is 3.24. The third-order valence-corrected chi connectivity index (χ3v) is 4.02. The van der Waals surface area contributed by atoms with E-state index in [1.54, 1.807) is 11.3 Å². The molecule has 0 N–H and O–H groups in total. The Morgan fingerprint density at radius 3 is 2.65 bits per heavy atom. The van der Waals surface area contributed by atoms with Gasteiger partial charge in [0, 0.05) is 14.8 Å². The fourth-order valence-corrected chi connectivity index (χ4v) is 2.60. The monoisotopic (exact) mass is 266 g/mol. The van der Waals surface area contributed by atoms with Gasteiger partial charge in [0.2, 0.25) is 0 Å². The summed E-state index contributed by atoms with van der Waals surface area (Å²) in [6.07, 6.45) is 1.08. The van der Waals surface area contributed by atoms with E-state index in [2.05, 4.69) is 19.1 Å². The third-order valence-electron chi connectivity index (χ3n) is 2.59. The van der Waals surface area contributed by atoms with Crippen LogP contribution in [0.5, 0.6) is 5.75 Å². The van der Waals surface area contributed by atoms with E-state index >= 15 is 0 Å². The highest BCUT2D eigenvalue weighted by molar-refractivity contribution is 7.11. The van der Waals surface area contributed by atoms with E-state index in [1.165, 1.54) is 9.75 Å². The molecule has 0 saturated carbocycles. The fourth-order valence-electron chi connectivity index (χ4n) is 1.57. The van der Waals surface area contributed by atoms with E-state index in [9.17, 15) is 0 Å². The van der Waals surface area contributed by atoms with Gasteiger partial charge in [-0.3, -0.25) is 0 Å². The first-order chi connectivity index (χ1) is 8.19. The van der Waals surface area contributed by atoms with Crippen molar-refractivity contribution in [3.05, 3.63) is 50.7 Å². The SMILES string of the molecule is CCc1ccc(COc2cc(Cl)ccc2C)s1. The number of ether oxygens (including phenoxy) is 1. The Labute approximate surface area is 111 Å². The van der Waals surface area contributed by atoms with Crippen LogP contribution in [0.25, 0.3) is 0 Å². The topological polar surface area (TPSA) is 9.23 Å². The van der Waals surface area contributed by atoms with Crippen molar-refractivity contribution >= 4 is 22.9 Å². The Morgan fingerprint density at radius 2 is 1.94 bits per heavy atom. The summed E-state index contributed by atoms with van der Waals surface area (Å²) in [6, 6.07) is 10.0.